The maximum atomic E-state index is 12.4. The fourth-order valence-electron chi connectivity index (χ4n) is 3.50. The van der Waals surface area contributed by atoms with Crippen LogP contribution in [0, 0.1) is 0 Å². The van der Waals surface area contributed by atoms with Gasteiger partial charge >= 0.3 is 11.9 Å². The summed E-state index contributed by atoms with van der Waals surface area (Å²) in [6.07, 6.45) is -2.12. The van der Waals surface area contributed by atoms with Crippen LogP contribution in [0.4, 0.5) is 0 Å². The molecule has 0 aliphatic carbocycles. The lowest BCUT2D eigenvalue weighted by atomic mass is 10.1. The SMILES string of the molecule is CC.CC.CC.CC.COc1ccc(C(=O)O[C@H]2CO[C@H]3[C@@H]2OC[C@H]3OC(=O)c2ccc(OC)cc2)cc1. The highest BCUT2D eigenvalue weighted by Crippen LogP contribution is 2.31. The highest BCUT2D eigenvalue weighted by atomic mass is 16.7. The number of carbonyl (C=O) groups excluding carboxylic acids is 2. The molecule has 0 N–H and O–H groups in total. The zero-order valence-electron chi connectivity index (χ0n) is 24.6. The van der Waals surface area contributed by atoms with E-state index in [0.29, 0.717) is 22.6 Å². The molecule has 2 aromatic carbocycles. The lowest BCUT2D eigenvalue weighted by Crippen LogP contribution is -2.36. The number of fused-ring (bicyclic) bond motifs is 1. The molecule has 2 fully saturated rings. The number of carbonyl (C=O) groups is 2. The largest absolute Gasteiger partial charge is 0.497 e. The quantitative estimate of drug-likeness (QED) is 0.396. The van der Waals surface area contributed by atoms with Gasteiger partial charge in [-0.2, -0.15) is 0 Å². The Morgan fingerprint density at radius 3 is 1.13 bits per heavy atom. The highest BCUT2D eigenvalue weighted by molar-refractivity contribution is 5.90. The molecule has 2 heterocycles. The molecule has 2 aliphatic rings. The summed E-state index contributed by atoms with van der Waals surface area (Å²) in [5.41, 5.74) is 0.805. The molecule has 2 aromatic rings. The second-order valence-electron chi connectivity index (χ2n) is 6.94. The van der Waals surface area contributed by atoms with Crippen LogP contribution in [-0.2, 0) is 18.9 Å². The van der Waals surface area contributed by atoms with Gasteiger partial charge in [0.2, 0.25) is 0 Å². The number of esters is 2. The van der Waals surface area contributed by atoms with Gasteiger partial charge in [-0.15, -0.1) is 0 Å². The number of hydrogen-bond acceptors (Lipinski definition) is 8. The summed E-state index contributed by atoms with van der Waals surface area (Å²) >= 11 is 0. The Balaban J connectivity index is 0.00000157. The molecule has 2 saturated heterocycles. The van der Waals surface area contributed by atoms with Crippen LogP contribution in [-0.4, -0.2) is 63.8 Å². The van der Waals surface area contributed by atoms with Crippen LogP contribution < -0.4 is 9.47 Å². The van der Waals surface area contributed by atoms with Crippen LogP contribution in [0.2, 0.25) is 0 Å². The predicted octanol–water partition coefficient (Wildman–Crippen LogP) is 6.36. The normalized spacial score (nSPS) is 20.2. The first-order valence-electron chi connectivity index (χ1n) is 13.5. The maximum absolute atomic E-state index is 12.4. The zero-order chi connectivity index (χ0) is 29.1. The molecule has 8 nitrogen and oxygen atoms in total. The number of ether oxygens (including phenoxy) is 6. The van der Waals surface area contributed by atoms with Crippen molar-refractivity contribution < 1.29 is 38.0 Å². The van der Waals surface area contributed by atoms with Crippen molar-refractivity contribution in [1.29, 1.82) is 0 Å². The van der Waals surface area contributed by atoms with E-state index in [1.165, 1.54) is 0 Å². The lowest BCUT2D eigenvalue weighted by molar-refractivity contribution is -0.0287. The molecule has 0 radical (unpaired) electrons. The highest BCUT2D eigenvalue weighted by Gasteiger charge is 2.51. The molecule has 38 heavy (non-hydrogen) atoms. The van der Waals surface area contributed by atoms with E-state index in [4.69, 9.17) is 28.4 Å². The summed E-state index contributed by atoms with van der Waals surface area (Å²) in [4.78, 5) is 24.8. The average molecular weight is 535 g/mol. The van der Waals surface area contributed by atoms with E-state index in [1.54, 1.807) is 62.8 Å². The van der Waals surface area contributed by atoms with Gasteiger partial charge < -0.3 is 28.4 Å². The minimum Gasteiger partial charge on any atom is -0.497 e. The van der Waals surface area contributed by atoms with Crippen LogP contribution in [0.25, 0.3) is 0 Å². The molecule has 0 saturated carbocycles. The summed E-state index contributed by atoms with van der Waals surface area (Å²) in [7, 11) is 3.11. The van der Waals surface area contributed by atoms with Crippen molar-refractivity contribution in [2.75, 3.05) is 27.4 Å². The Morgan fingerprint density at radius 1 is 0.579 bits per heavy atom. The lowest BCUT2D eigenvalue weighted by Gasteiger charge is -2.17. The first-order chi connectivity index (χ1) is 18.6. The van der Waals surface area contributed by atoms with Crippen molar-refractivity contribution in [3.8, 4) is 11.5 Å². The monoisotopic (exact) mass is 534 g/mol. The minimum absolute atomic E-state index is 0.174. The first kappa shape index (κ1) is 34.9. The van der Waals surface area contributed by atoms with Crippen molar-refractivity contribution in [1.82, 2.24) is 0 Å². The second kappa shape index (κ2) is 19.9. The van der Waals surface area contributed by atoms with E-state index in [-0.39, 0.29) is 13.2 Å². The standard InChI is InChI=1S/C22H22O8.4C2H6/c1-25-15-7-3-13(4-8-15)21(23)29-17-11-27-20-18(12-28-19(17)20)30-22(24)14-5-9-16(26-2)10-6-14;4*1-2/h3-10,17-20H,11-12H2,1-2H3;4*1-2H3/t17-,18+,19-,20-;;;;/m1..../s1. The Labute approximate surface area is 228 Å². The minimum atomic E-state index is -0.575. The number of methoxy groups -OCH3 is 2. The van der Waals surface area contributed by atoms with Gasteiger partial charge in [0.05, 0.1) is 38.6 Å². The molecule has 2 aliphatic heterocycles. The molecule has 0 amide bonds. The molecule has 0 unspecified atom stereocenters. The third-order valence-corrected chi connectivity index (χ3v) is 5.13. The van der Waals surface area contributed by atoms with Crippen LogP contribution in [0.5, 0.6) is 11.5 Å². The van der Waals surface area contributed by atoms with Gasteiger partial charge in [0.15, 0.2) is 12.2 Å². The van der Waals surface area contributed by atoms with Gasteiger partial charge in [0.25, 0.3) is 0 Å². The summed E-state index contributed by atoms with van der Waals surface area (Å²) in [6, 6.07) is 13.3. The number of hydrogen-bond donors (Lipinski definition) is 0. The van der Waals surface area contributed by atoms with Gasteiger partial charge in [-0.1, -0.05) is 55.4 Å². The topological polar surface area (TPSA) is 89.5 Å². The van der Waals surface area contributed by atoms with Crippen LogP contribution in [0.1, 0.15) is 76.1 Å². The molecule has 4 atom stereocenters. The number of benzene rings is 2. The Hall–Kier alpha value is -3.10. The molecular formula is C30H46O8. The van der Waals surface area contributed by atoms with Crippen LogP contribution in [0.3, 0.4) is 0 Å². The number of rotatable bonds is 6. The van der Waals surface area contributed by atoms with Crippen molar-refractivity contribution >= 4 is 11.9 Å². The van der Waals surface area contributed by atoms with Crippen LogP contribution >= 0.6 is 0 Å². The first-order valence-corrected chi connectivity index (χ1v) is 13.5. The maximum Gasteiger partial charge on any atom is 0.338 e. The van der Waals surface area contributed by atoms with Crippen LogP contribution in [0.15, 0.2) is 48.5 Å². The van der Waals surface area contributed by atoms with Gasteiger partial charge in [-0.05, 0) is 48.5 Å². The van der Waals surface area contributed by atoms with Gasteiger partial charge in [-0.3, -0.25) is 0 Å². The third kappa shape index (κ3) is 9.65. The third-order valence-electron chi connectivity index (χ3n) is 5.13. The summed E-state index contributed by atoms with van der Waals surface area (Å²) in [5, 5.41) is 0. The molecular weight excluding hydrogens is 488 g/mol. The van der Waals surface area contributed by atoms with E-state index in [9.17, 15) is 9.59 Å². The Morgan fingerprint density at radius 2 is 0.868 bits per heavy atom. The zero-order valence-corrected chi connectivity index (χ0v) is 24.6. The Kier molecular flexibility index (Phi) is 18.3. The summed E-state index contributed by atoms with van der Waals surface area (Å²) in [5.74, 6) is 0.344. The summed E-state index contributed by atoms with van der Waals surface area (Å²) in [6.45, 7) is 16.3. The van der Waals surface area contributed by atoms with Gasteiger partial charge in [0.1, 0.15) is 23.7 Å². The van der Waals surface area contributed by atoms with E-state index < -0.39 is 36.4 Å². The van der Waals surface area contributed by atoms with Crippen molar-refractivity contribution in [2.24, 2.45) is 0 Å². The molecule has 0 spiro atoms. The van der Waals surface area contributed by atoms with E-state index >= 15 is 0 Å². The molecule has 8 heteroatoms. The van der Waals surface area contributed by atoms with Crippen molar-refractivity contribution in [2.45, 2.75) is 79.8 Å². The molecule has 214 valence electrons. The van der Waals surface area contributed by atoms with Gasteiger partial charge in [-0.25, -0.2) is 9.59 Å². The van der Waals surface area contributed by atoms with Gasteiger partial charge in [0, 0.05) is 0 Å². The molecule has 0 aromatic heterocycles. The fraction of sp³-hybridized carbons (Fsp3) is 0.533. The fourth-order valence-corrected chi connectivity index (χ4v) is 3.50. The smallest absolute Gasteiger partial charge is 0.338 e. The van der Waals surface area contributed by atoms with E-state index in [1.807, 2.05) is 55.4 Å². The van der Waals surface area contributed by atoms with E-state index in [2.05, 4.69) is 0 Å². The average Bonchev–Trinajstić information content (AvgIpc) is 3.60. The molecule has 0 bridgehead atoms. The Bertz CT molecular complexity index is 820. The molecule has 4 rings (SSSR count). The summed E-state index contributed by atoms with van der Waals surface area (Å²) < 4.78 is 32.8. The van der Waals surface area contributed by atoms with Crippen molar-refractivity contribution in [3.63, 3.8) is 0 Å². The van der Waals surface area contributed by atoms with Crippen molar-refractivity contribution in [3.05, 3.63) is 59.7 Å². The van der Waals surface area contributed by atoms with E-state index in [0.717, 1.165) is 0 Å². The second-order valence-corrected chi connectivity index (χ2v) is 6.94. The predicted molar refractivity (Wildman–Crippen MR) is 149 cm³/mol.